The zero-order valence-electron chi connectivity index (χ0n) is 11.1. The van der Waals surface area contributed by atoms with Crippen molar-refractivity contribution in [3.05, 3.63) is 33.3 Å². The van der Waals surface area contributed by atoms with Crippen molar-refractivity contribution < 1.29 is 34.8 Å². The highest BCUT2D eigenvalue weighted by Gasteiger charge is 2.44. The number of nitro benzene ring substituents is 1. The van der Waals surface area contributed by atoms with E-state index >= 15 is 0 Å². The molecule has 0 radical (unpaired) electrons. The summed E-state index contributed by atoms with van der Waals surface area (Å²) in [5.41, 5.74) is -0.244. The summed E-state index contributed by atoms with van der Waals surface area (Å²) in [5.74, 6) is -0.0170. The van der Waals surface area contributed by atoms with Crippen LogP contribution >= 0.6 is 11.6 Å². The van der Waals surface area contributed by atoms with Gasteiger partial charge in [0.25, 0.3) is 5.69 Å². The molecule has 1 aliphatic heterocycles. The van der Waals surface area contributed by atoms with E-state index < -0.39 is 42.2 Å². The lowest BCUT2D eigenvalue weighted by Gasteiger charge is -2.39. The van der Waals surface area contributed by atoms with E-state index in [0.717, 1.165) is 12.1 Å². The molecule has 0 aromatic heterocycles. The number of nitro groups is 1. The molecule has 0 spiro atoms. The first-order chi connectivity index (χ1) is 10.3. The predicted molar refractivity (Wildman–Crippen MR) is 72.5 cm³/mol. The molecular formula is C12H14ClNO8. The van der Waals surface area contributed by atoms with Crippen LogP contribution in [0.15, 0.2) is 18.2 Å². The largest absolute Gasteiger partial charge is 0.460 e. The van der Waals surface area contributed by atoms with E-state index in [4.69, 9.17) is 26.2 Å². The summed E-state index contributed by atoms with van der Waals surface area (Å²) in [4.78, 5) is 9.98. The van der Waals surface area contributed by atoms with Crippen LogP contribution in [0.3, 0.4) is 0 Å². The molecule has 0 saturated carbocycles. The standard InChI is InChI=1S/C12H14ClNO8/c13-6-3-5(14(19)20)1-2-7(6)21-12-11(18)10(17)9(16)8(4-15)22-12/h1-3,8-12,15-18H,4H2/t8-,9+,10+,11-,12?/m1/s1. The molecule has 0 aliphatic carbocycles. The maximum Gasteiger partial charge on any atom is 0.271 e. The van der Waals surface area contributed by atoms with Crippen molar-refractivity contribution in [2.75, 3.05) is 6.61 Å². The first-order valence-electron chi connectivity index (χ1n) is 6.26. The predicted octanol–water partition coefficient (Wildman–Crippen LogP) is -0.573. The topological polar surface area (TPSA) is 143 Å². The first kappa shape index (κ1) is 16.9. The normalized spacial score (nSPS) is 31.8. The van der Waals surface area contributed by atoms with Crippen molar-refractivity contribution in [2.45, 2.75) is 30.7 Å². The van der Waals surface area contributed by atoms with Gasteiger partial charge in [-0.2, -0.15) is 0 Å². The summed E-state index contributed by atoms with van der Waals surface area (Å²) in [7, 11) is 0. The molecule has 2 rings (SSSR count). The minimum atomic E-state index is -1.59. The molecule has 4 N–H and O–H groups in total. The Hall–Kier alpha value is -1.49. The molecule has 0 amide bonds. The molecule has 1 unspecified atom stereocenters. The van der Waals surface area contributed by atoms with Crippen LogP contribution in [-0.4, -0.2) is 62.7 Å². The Morgan fingerprint density at radius 1 is 1.27 bits per heavy atom. The number of aliphatic hydroxyl groups excluding tert-OH is 4. The molecule has 122 valence electrons. The molecule has 1 aromatic carbocycles. The number of aliphatic hydroxyl groups is 4. The molecule has 1 fully saturated rings. The Kier molecular flexibility index (Phi) is 5.16. The van der Waals surface area contributed by atoms with Crippen LogP contribution in [0.25, 0.3) is 0 Å². The Labute approximate surface area is 129 Å². The number of hydrogen-bond donors (Lipinski definition) is 4. The third-order valence-corrected chi connectivity index (χ3v) is 3.51. The number of benzene rings is 1. The van der Waals surface area contributed by atoms with Gasteiger partial charge in [-0.05, 0) is 6.07 Å². The SMILES string of the molecule is O=[N+]([O-])c1ccc(OC2O[C@H](CO)[C@H](O)[C@H](O)[C@H]2O)c(Cl)c1. The number of rotatable bonds is 4. The first-order valence-corrected chi connectivity index (χ1v) is 6.64. The zero-order valence-corrected chi connectivity index (χ0v) is 11.8. The van der Waals surface area contributed by atoms with E-state index in [2.05, 4.69) is 0 Å². The van der Waals surface area contributed by atoms with Crippen molar-refractivity contribution in [1.29, 1.82) is 0 Å². The van der Waals surface area contributed by atoms with E-state index in [1.54, 1.807) is 0 Å². The van der Waals surface area contributed by atoms with Crippen LogP contribution in [0, 0.1) is 10.1 Å². The summed E-state index contributed by atoms with van der Waals surface area (Å²) in [6, 6.07) is 3.41. The molecule has 1 aromatic rings. The second-order valence-corrected chi connectivity index (χ2v) is 5.09. The van der Waals surface area contributed by atoms with Crippen LogP contribution in [0.5, 0.6) is 5.75 Å². The van der Waals surface area contributed by atoms with Gasteiger partial charge in [0.2, 0.25) is 6.29 Å². The van der Waals surface area contributed by atoms with Crippen LogP contribution < -0.4 is 4.74 Å². The van der Waals surface area contributed by atoms with Crippen LogP contribution in [0.2, 0.25) is 5.02 Å². The van der Waals surface area contributed by atoms with Gasteiger partial charge in [0.05, 0.1) is 16.6 Å². The highest BCUT2D eigenvalue weighted by Crippen LogP contribution is 2.31. The Bertz CT molecular complexity index is 554. The fourth-order valence-corrected chi connectivity index (χ4v) is 2.21. The van der Waals surface area contributed by atoms with Gasteiger partial charge in [-0.15, -0.1) is 0 Å². The molecule has 1 aliphatic rings. The van der Waals surface area contributed by atoms with Gasteiger partial charge < -0.3 is 29.9 Å². The average molecular weight is 336 g/mol. The van der Waals surface area contributed by atoms with Gasteiger partial charge in [-0.3, -0.25) is 10.1 Å². The number of nitrogens with zero attached hydrogens (tertiary/aromatic N) is 1. The summed E-state index contributed by atoms with van der Waals surface area (Å²) < 4.78 is 10.4. The smallest absolute Gasteiger partial charge is 0.271 e. The minimum absolute atomic E-state index is 0.0170. The van der Waals surface area contributed by atoms with Gasteiger partial charge in [-0.25, -0.2) is 0 Å². The second kappa shape index (κ2) is 6.73. The van der Waals surface area contributed by atoms with E-state index in [-0.39, 0.29) is 16.5 Å². The average Bonchev–Trinajstić information content (AvgIpc) is 2.49. The van der Waals surface area contributed by atoms with E-state index in [1.807, 2.05) is 0 Å². The highest BCUT2D eigenvalue weighted by molar-refractivity contribution is 6.32. The Morgan fingerprint density at radius 2 is 1.95 bits per heavy atom. The van der Waals surface area contributed by atoms with E-state index in [0.29, 0.717) is 0 Å². The van der Waals surface area contributed by atoms with Crippen molar-refractivity contribution in [3.8, 4) is 5.75 Å². The zero-order chi connectivity index (χ0) is 16.4. The van der Waals surface area contributed by atoms with E-state index in [1.165, 1.54) is 6.07 Å². The van der Waals surface area contributed by atoms with Crippen molar-refractivity contribution in [3.63, 3.8) is 0 Å². The molecule has 1 heterocycles. The molecule has 5 atom stereocenters. The van der Waals surface area contributed by atoms with Gasteiger partial charge >= 0.3 is 0 Å². The molecule has 9 nitrogen and oxygen atoms in total. The van der Waals surface area contributed by atoms with Gasteiger partial charge in [0.15, 0.2) is 0 Å². The third-order valence-electron chi connectivity index (χ3n) is 3.22. The molecule has 10 heteroatoms. The lowest BCUT2D eigenvalue weighted by Crippen LogP contribution is -2.60. The molecule has 22 heavy (non-hydrogen) atoms. The fraction of sp³-hybridized carbons (Fsp3) is 0.500. The third kappa shape index (κ3) is 3.29. The van der Waals surface area contributed by atoms with Crippen molar-refractivity contribution >= 4 is 17.3 Å². The Balaban J connectivity index is 2.17. The molecular weight excluding hydrogens is 322 g/mol. The number of hydrogen-bond acceptors (Lipinski definition) is 8. The summed E-state index contributed by atoms with van der Waals surface area (Å²) >= 11 is 5.85. The fourth-order valence-electron chi connectivity index (χ4n) is 1.99. The number of halogens is 1. The second-order valence-electron chi connectivity index (χ2n) is 4.69. The highest BCUT2D eigenvalue weighted by atomic mass is 35.5. The Morgan fingerprint density at radius 3 is 2.50 bits per heavy atom. The number of ether oxygens (including phenoxy) is 2. The van der Waals surface area contributed by atoms with E-state index in [9.17, 15) is 25.4 Å². The monoisotopic (exact) mass is 335 g/mol. The number of non-ortho nitro benzene ring substituents is 1. The summed E-state index contributed by atoms with van der Waals surface area (Å²) in [5, 5.41) is 48.7. The summed E-state index contributed by atoms with van der Waals surface area (Å²) in [6.45, 7) is -0.598. The molecule has 1 saturated heterocycles. The van der Waals surface area contributed by atoms with Gasteiger partial charge in [0.1, 0.15) is 30.2 Å². The van der Waals surface area contributed by atoms with Crippen molar-refractivity contribution in [1.82, 2.24) is 0 Å². The van der Waals surface area contributed by atoms with Crippen LogP contribution in [0.4, 0.5) is 5.69 Å². The lowest BCUT2D eigenvalue weighted by atomic mass is 9.99. The lowest BCUT2D eigenvalue weighted by molar-refractivity contribution is -0.384. The minimum Gasteiger partial charge on any atom is -0.460 e. The maximum atomic E-state index is 10.6. The van der Waals surface area contributed by atoms with Crippen LogP contribution in [0.1, 0.15) is 0 Å². The van der Waals surface area contributed by atoms with Gasteiger partial charge in [-0.1, -0.05) is 11.6 Å². The van der Waals surface area contributed by atoms with Crippen LogP contribution in [-0.2, 0) is 4.74 Å². The molecule has 0 bridgehead atoms. The summed E-state index contributed by atoms with van der Waals surface area (Å²) in [6.07, 6.45) is -7.22. The van der Waals surface area contributed by atoms with Gasteiger partial charge in [0, 0.05) is 12.1 Å². The van der Waals surface area contributed by atoms with Crippen molar-refractivity contribution in [2.24, 2.45) is 0 Å². The maximum absolute atomic E-state index is 10.6. The quantitative estimate of drug-likeness (QED) is 0.423.